The van der Waals surface area contributed by atoms with Gasteiger partial charge in [-0.05, 0) is 18.8 Å². The molecule has 96 valence electrons. The van der Waals surface area contributed by atoms with Crippen LogP contribution in [-0.4, -0.2) is 53.1 Å². The molecule has 2 rings (SSSR count). The standard InChI is InChI=1S/C12H20N2O3/c1-13-10(9-4-2-3-5-9)8-14(12(13)17)7-6-11(15)16/h9-10H,2-8H2,1H3,(H,15,16). The Bertz CT molecular complexity index is 313. The molecule has 1 heterocycles. The summed E-state index contributed by atoms with van der Waals surface area (Å²) in [6.07, 6.45) is 4.97. The van der Waals surface area contributed by atoms with E-state index in [-0.39, 0.29) is 12.5 Å². The van der Waals surface area contributed by atoms with Gasteiger partial charge in [-0.25, -0.2) is 4.79 Å². The van der Waals surface area contributed by atoms with Crippen molar-refractivity contribution >= 4 is 12.0 Å². The summed E-state index contributed by atoms with van der Waals surface area (Å²) >= 11 is 0. The third-order valence-electron chi connectivity index (χ3n) is 4.02. The van der Waals surface area contributed by atoms with Crippen LogP contribution < -0.4 is 0 Å². The van der Waals surface area contributed by atoms with Crippen LogP contribution in [0.15, 0.2) is 0 Å². The first-order valence-electron chi connectivity index (χ1n) is 6.33. The van der Waals surface area contributed by atoms with Crippen LogP contribution in [-0.2, 0) is 4.79 Å². The van der Waals surface area contributed by atoms with Crippen LogP contribution in [0.2, 0.25) is 0 Å². The average molecular weight is 240 g/mol. The topological polar surface area (TPSA) is 60.9 Å². The second kappa shape index (κ2) is 4.94. The zero-order chi connectivity index (χ0) is 12.4. The van der Waals surface area contributed by atoms with Crippen LogP contribution in [0, 0.1) is 5.92 Å². The fraction of sp³-hybridized carbons (Fsp3) is 0.833. The fourth-order valence-electron chi connectivity index (χ4n) is 3.02. The molecular formula is C12H20N2O3. The second-order valence-corrected chi connectivity index (χ2v) is 5.10. The van der Waals surface area contributed by atoms with Gasteiger partial charge in [-0.2, -0.15) is 0 Å². The number of likely N-dealkylation sites (N-methyl/N-ethyl adjacent to an activating group) is 1. The molecule has 1 atom stereocenters. The van der Waals surface area contributed by atoms with Crippen LogP contribution in [0.5, 0.6) is 0 Å². The molecule has 1 saturated heterocycles. The molecule has 1 saturated carbocycles. The Morgan fingerprint density at radius 3 is 2.65 bits per heavy atom. The molecule has 2 fully saturated rings. The number of aliphatic carboxylic acids is 1. The highest BCUT2D eigenvalue weighted by molar-refractivity contribution is 5.77. The molecule has 1 unspecified atom stereocenters. The summed E-state index contributed by atoms with van der Waals surface area (Å²) in [5, 5.41) is 8.65. The molecule has 5 heteroatoms. The molecule has 0 aromatic heterocycles. The van der Waals surface area contributed by atoms with Crippen molar-refractivity contribution in [1.82, 2.24) is 9.80 Å². The number of amides is 2. The molecule has 1 aliphatic carbocycles. The Labute approximate surface area is 101 Å². The summed E-state index contributed by atoms with van der Waals surface area (Å²) in [6, 6.07) is 0.280. The molecule has 0 spiro atoms. The van der Waals surface area contributed by atoms with Gasteiger partial charge in [0.2, 0.25) is 0 Å². The summed E-state index contributed by atoms with van der Waals surface area (Å²) in [7, 11) is 1.84. The zero-order valence-corrected chi connectivity index (χ0v) is 10.3. The third kappa shape index (κ3) is 2.53. The second-order valence-electron chi connectivity index (χ2n) is 5.10. The van der Waals surface area contributed by atoms with E-state index in [0.29, 0.717) is 25.0 Å². The molecule has 0 aromatic rings. The quantitative estimate of drug-likeness (QED) is 0.807. The summed E-state index contributed by atoms with van der Waals surface area (Å²) in [6.45, 7) is 1.04. The number of carbonyl (C=O) groups excluding carboxylic acids is 1. The predicted molar refractivity (Wildman–Crippen MR) is 62.7 cm³/mol. The number of carboxylic acids is 1. The maximum Gasteiger partial charge on any atom is 0.320 e. The third-order valence-corrected chi connectivity index (χ3v) is 4.02. The van der Waals surface area contributed by atoms with E-state index in [1.807, 2.05) is 7.05 Å². The number of nitrogens with zero attached hydrogens (tertiary/aromatic N) is 2. The van der Waals surface area contributed by atoms with Gasteiger partial charge in [0.05, 0.1) is 12.5 Å². The minimum absolute atomic E-state index is 0.0110. The molecule has 0 radical (unpaired) electrons. The molecular weight excluding hydrogens is 220 g/mol. The summed E-state index contributed by atoms with van der Waals surface area (Å²) in [4.78, 5) is 26.0. The molecule has 5 nitrogen and oxygen atoms in total. The highest BCUT2D eigenvalue weighted by atomic mass is 16.4. The number of urea groups is 1. The Morgan fingerprint density at radius 2 is 2.06 bits per heavy atom. The highest BCUT2D eigenvalue weighted by Crippen LogP contribution is 2.33. The maximum absolute atomic E-state index is 11.9. The zero-order valence-electron chi connectivity index (χ0n) is 10.3. The average Bonchev–Trinajstić information content (AvgIpc) is 2.88. The van der Waals surface area contributed by atoms with Crippen LogP contribution in [0.1, 0.15) is 32.1 Å². The first-order valence-corrected chi connectivity index (χ1v) is 6.33. The van der Waals surface area contributed by atoms with Crippen molar-refractivity contribution in [3.05, 3.63) is 0 Å². The van der Waals surface area contributed by atoms with Gasteiger partial charge >= 0.3 is 12.0 Å². The summed E-state index contributed by atoms with van der Waals surface area (Å²) in [5.41, 5.74) is 0. The van der Waals surface area contributed by atoms with Crippen LogP contribution in [0.25, 0.3) is 0 Å². The van der Waals surface area contributed by atoms with Gasteiger partial charge in [-0.1, -0.05) is 12.8 Å². The van der Waals surface area contributed by atoms with Gasteiger partial charge in [0.1, 0.15) is 0 Å². The van der Waals surface area contributed by atoms with E-state index >= 15 is 0 Å². The SMILES string of the molecule is CN1C(=O)N(CCC(=O)O)CC1C1CCCC1. The summed E-state index contributed by atoms with van der Waals surface area (Å²) < 4.78 is 0. The van der Waals surface area contributed by atoms with Gasteiger partial charge in [-0.3, -0.25) is 4.79 Å². The van der Waals surface area contributed by atoms with E-state index in [2.05, 4.69) is 0 Å². The maximum atomic E-state index is 11.9. The normalized spacial score (nSPS) is 25.9. The predicted octanol–water partition coefficient (Wildman–Crippen LogP) is 1.39. The molecule has 0 aromatic carbocycles. The van der Waals surface area contributed by atoms with Crippen LogP contribution in [0.4, 0.5) is 4.79 Å². The molecule has 2 amide bonds. The minimum Gasteiger partial charge on any atom is -0.481 e. The number of hydrogen-bond acceptors (Lipinski definition) is 2. The Balaban J connectivity index is 1.93. The van der Waals surface area contributed by atoms with Gasteiger partial charge in [0.15, 0.2) is 0 Å². The highest BCUT2D eigenvalue weighted by Gasteiger charge is 2.39. The first-order chi connectivity index (χ1) is 8.09. The van der Waals surface area contributed by atoms with E-state index in [4.69, 9.17) is 5.11 Å². The molecule has 17 heavy (non-hydrogen) atoms. The largest absolute Gasteiger partial charge is 0.481 e. The Kier molecular flexibility index (Phi) is 3.54. The van der Waals surface area contributed by atoms with Gasteiger partial charge in [0.25, 0.3) is 0 Å². The van der Waals surface area contributed by atoms with Crippen molar-refractivity contribution in [2.45, 2.75) is 38.1 Å². The molecule has 0 bridgehead atoms. The van der Waals surface area contributed by atoms with E-state index in [0.717, 1.165) is 0 Å². The number of carbonyl (C=O) groups is 2. The lowest BCUT2D eigenvalue weighted by molar-refractivity contribution is -0.137. The smallest absolute Gasteiger partial charge is 0.320 e. The molecule has 1 aliphatic heterocycles. The van der Waals surface area contributed by atoms with Crippen molar-refractivity contribution < 1.29 is 14.7 Å². The fourth-order valence-corrected chi connectivity index (χ4v) is 3.02. The van der Waals surface area contributed by atoms with Crippen molar-refractivity contribution in [3.63, 3.8) is 0 Å². The van der Waals surface area contributed by atoms with E-state index in [1.54, 1.807) is 9.80 Å². The summed E-state index contributed by atoms with van der Waals surface area (Å²) in [5.74, 6) is -0.233. The van der Waals surface area contributed by atoms with Crippen molar-refractivity contribution in [2.75, 3.05) is 20.1 Å². The lowest BCUT2D eigenvalue weighted by atomic mass is 9.98. The van der Waals surface area contributed by atoms with Crippen LogP contribution >= 0.6 is 0 Å². The Hall–Kier alpha value is -1.26. The number of hydrogen-bond donors (Lipinski definition) is 1. The number of carboxylic acid groups (broad SMARTS) is 1. The van der Waals surface area contributed by atoms with Crippen LogP contribution in [0.3, 0.4) is 0 Å². The van der Waals surface area contributed by atoms with Gasteiger partial charge < -0.3 is 14.9 Å². The molecule has 2 aliphatic rings. The van der Waals surface area contributed by atoms with E-state index in [1.165, 1.54) is 25.7 Å². The molecule has 1 N–H and O–H groups in total. The van der Waals surface area contributed by atoms with Gasteiger partial charge in [-0.15, -0.1) is 0 Å². The lowest BCUT2D eigenvalue weighted by Gasteiger charge is -2.23. The monoisotopic (exact) mass is 240 g/mol. The van der Waals surface area contributed by atoms with E-state index < -0.39 is 5.97 Å². The van der Waals surface area contributed by atoms with Crippen molar-refractivity contribution in [1.29, 1.82) is 0 Å². The lowest BCUT2D eigenvalue weighted by Crippen LogP contribution is -2.35. The van der Waals surface area contributed by atoms with E-state index in [9.17, 15) is 9.59 Å². The Morgan fingerprint density at radius 1 is 1.41 bits per heavy atom. The van der Waals surface area contributed by atoms with Gasteiger partial charge in [0, 0.05) is 20.1 Å². The van der Waals surface area contributed by atoms with Crippen molar-refractivity contribution in [3.8, 4) is 0 Å². The van der Waals surface area contributed by atoms with Crippen molar-refractivity contribution in [2.24, 2.45) is 5.92 Å². The first kappa shape index (κ1) is 12.2. The minimum atomic E-state index is -0.843. The number of rotatable bonds is 4.